The molecule has 1 aliphatic heterocycles. The average molecular weight is 585 g/mol. The predicted molar refractivity (Wildman–Crippen MR) is 157 cm³/mol. The van der Waals surface area contributed by atoms with E-state index in [0.29, 0.717) is 13.2 Å². The first-order valence-electron chi connectivity index (χ1n) is 14.2. The largest absolute Gasteiger partial charge is 0.388 e. The molecule has 3 aromatic carbocycles. The molecule has 1 N–H and O–H groups in total. The highest BCUT2D eigenvalue weighted by atomic mass is 31.2. The van der Waals surface area contributed by atoms with Gasteiger partial charge in [0.25, 0.3) is 0 Å². The third-order valence-corrected chi connectivity index (χ3v) is 8.89. The van der Waals surface area contributed by atoms with Crippen LogP contribution in [0.1, 0.15) is 30.5 Å². The maximum absolute atomic E-state index is 13.5. The van der Waals surface area contributed by atoms with Gasteiger partial charge in [-0.25, -0.2) is 0 Å². The lowest BCUT2D eigenvalue weighted by Crippen LogP contribution is -2.61. The van der Waals surface area contributed by atoms with Crippen LogP contribution in [0, 0.1) is 0 Å². The van der Waals surface area contributed by atoms with Gasteiger partial charge >= 0.3 is 7.60 Å². The standard InChI is InChI=1S/C32H41O8P/c1-3-38-41(34,39-4-2)24-29-30(33)32(37-22-27-18-12-7-13-19-27)31(36-21-26-16-10-6-11-17-26)28(40-29)23-35-20-25-14-8-5-9-15-25/h5-19,28-33H,3-4,20-24H2,1-2H3/t28-,29-,30+,31-,32-/m1/s1. The van der Waals surface area contributed by atoms with Crippen molar-refractivity contribution in [2.75, 3.05) is 26.0 Å². The summed E-state index contributed by atoms with van der Waals surface area (Å²) in [6.45, 7) is 5.03. The molecule has 0 radical (unpaired) electrons. The van der Waals surface area contributed by atoms with E-state index in [2.05, 4.69) is 0 Å². The second-order valence-electron chi connectivity index (χ2n) is 9.86. The van der Waals surface area contributed by atoms with E-state index < -0.39 is 38.1 Å². The highest BCUT2D eigenvalue weighted by Crippen LogP contribution is 2.50. The molecule has 9 heteroatoms. The molecule has 5 atom stereocenters. The fourth-order valence-corrected chi connectivity index (χ4v) is 6.65. The molecule has 0 spiro atoms. The maximum atomic E-state index is 13.5. The summed E-state index contributed by atoms with van der Waals surface area (Å²) in [5, 5.41) is 11.6. The van der Waals surface area contributed by atoms with E-state index in [1.54, 1.807) is 13.8 Å². The van der Waals surface area contributed by atoms with Gasteiger partial charge in [0.05, 0.1) is 51.9 Å². The smallest absolute Gasteiger partial charge is 0.333 e. The van der Waals surface area contributed by atoms with E-state index >= 15 is 0 Å². The van der Waals surface area contributed by atoms with Gasteiger partial charge in [0.1, 0.15) is 24.4 Å². The fourth-order valence-electron chi connectivity index (χ4n) is 4.84. The van der Waals surface area contributed by atoms with Crippen molar-refractivity contribution in [3.63, 3.8) is 0 Å². The number of benzene rings is 3. The Morgan fingerprint density at radius 1 is 0.683 bits per heavy atom. The van der Waals surface area contributed by atoms with E-state index in [0.717, 1.165) is 16.7 Å². The summed E-state index contributed by atoms with van der Waals surface area (Å²) in [4.78, 5) is 0. The van der Waals surface area contributed by atoms with Crippen molar-refractivity contribution in [1.82, 2.24) is 0 Å². The zero-order chi connectivity index (χ0) is 28.9. The van der Waals surface area contributed by atoms with Crippen LogP contribution >= 0.6 is 7.60 Å². The molecule has 1 heterocycles. The van der Waals surface area contributed by atoms with Crippen LogP contribution in [-0.2, 0) is 52.4 Å². The van der Waals surface area contributed by atoms with Crippen LogP contribution in [0.3, 0.4) is 0 Å². The van der Waals surface area contributed by atoms with Gasteiger partial charge in [-0.15, -0.1) is 0 Å². The van der Waals surface area contributed by atoms with Gasteiger partial charge in [0.2, 0.25) is 0 Å². The topological polar surface area (TPSA) is 92.7 Å². The Labute approximate surface area is 243 Å². The highest BCUT2D eigenvalue weighted by Gasteiger charge is 2.49. The molecule has 1 fully saturated rings. The third-order valence-electron chi connectivity index (χ3n) is 6.78. The minimum Gasteiger partial charge on any atom is -0.388 e. The first kappa shape index (κ1) is 31.5. The van der Waals surface area contributed by atoms with E-state index in [9.17, 15) is 9.67 Å². The summed E-state index contributed by atoms with van der Waals surface area (Å²) < 4.78 is 49.8. The maximum Gasteiger partial charge on any atom is 0.333 e. The van der Waals surface area contributed by atoms with Crippen LogP contribution < -0.4 is 0 Å². The molecule has 0 aromatic heterocycles. The quantitative estimate of drug-likeness (QED) is 0.212. The number of hydrogen-bond donors (Lipinski definition) is 1. The molecule has 222 valence electrons. The molecule has 1 saturated heterocycles. The van der Waals surface area contributed by atoms with Gasteiger partial charge in [0.15, 0.2) is 0 Å². The molecule has 41 heavy (non-hydrogen) atoms. The van der Waals surface area contributed by atoms with Crippen LogP contribution in [0.4, 0.5) is 0 Å². The first-order chi connectivity index (χ1) is 20.0. The van der Waals surface area contributed by atoms with Crippen LogP contribution in [0.2, 0.25) is 0 Å². The number of hydrogen-bond acceptors (Lipinski definition) is 8. The molecule has 3 aromatic rings. The van der Waals surface area contributed by atoms with E-state index in [-0.39, 0.29) is 32.6 Å². The lowest BCUT2D eigenvalue weighted by Gasteiger charge is -2.45. The first-order valence-corrected chi connectivity index (χ1v) is 15.9. The van der Waals surface area contributed by atoms with Gasteiger partial charge in [-0.2, -0.15) is 0 Å². The Bertz CT molecular complexity index is 1170. The second kappa shape index (κ2) is 16.3. The highest BCUT2D eigenvalue weighted by molar-refractivity contribution is 7.53. The third kappa shape index (κ3) is 9.57. The van der Waals surface area contributed by atoms with Gasteiger partial charge in [0, 0.05) is 0 Å². The van der Waals surface area contributed by atoms with Gasteiger partial charge in [-0.05, 0) is 30.5 Å². The molecule has 0 saturated carbocycles. The molecular formula is C32H41O8P. The summed E-state index contributed by atoms with van der Waals surface area (Å²) in [5.41, 5.74) is 2.96. The Kier molecular flexibility index (Phi) is 12.5. The van der Waals surface area contributed by atoms with Crippen molar-refractivity contribution < 1.29 is 37.7 Å². The van der Waals surface area contributed by atoms with E-state index in [1.807, 2.05) is 91.0 Å². The van der Waals surface area contributed by atoms with Gasteiger partial charge in [-0.3, -0.25) is 4.57 Å². The molecular weight excluding hydrogens is 543 g/mol. The lowest BCUT2D eigenvalue weighted by atomic mass is 9.95. The van der Waals surface area contributed by atoms with Crippen molar-refractivity contribution in [3.05, 3.63) is 108 Å². The summed E-state index contributed by atoms with van der Waals surface area (Å²) >= 11 is 0. The Balaban J connectivity index is 1.58. The Morgan fingerprint density at radius 3 is 1.63 bits per heavy atom. The zero-order valence-electron chi connectivity index (χ0n) is 23.7. The van der Waals surface area contributed by atoms with Gasteiger partial charge in [-0.1, -0.05) is 91.0 Å². The van der Waals surface area contributed by atoms with Crippen LogP contribution in [-0.4, -0.2) is 61.6 Å². The molecule has 4 rings (SSSR count). The van der Waals surface area contributed by atoms with Crippen molar-refractivity contribution >= 4 is 7.60 Å². The summed E-state index contributed by atoms with van der Waals surface area (Å²) in [7, 11) is -3.53. The molecule has 0 unspecified atom stereocenters. The zero-order valence-corrected chi connectivity index (χ0v) is 24.6. The number of rotatable bonds is 16. The molecule has 0 amide bonds. The second-order valence-corrected chi connectivity index (χ2v) is 12.0. The van der Waals surface area contributed by atoms with E-state index in [1.165, 1.54) is 0 Å². The normalized spacial score (nSPS) is 23.0. The SMILES string of the molecule is CCOP(=O)(C[C@H]1O[C@H](COCc2ccccc2)[C@@H](OCc2ccccc2)[C@H](OCc2ccccc2)[C@H]1O)OCC. The van der Waals surface area contributed by atoms with Crippen molar-refractivity contribution in [2.24, 2.45) is 0 Å². The number of aliphatic hydroxyl groups excluding tert-OH is 1. The van der Waals surface area contributed by atoms with Gasteiger partial charge < -0.3 is 33.1 Å². The van der Waals surface area contributed by atoms with Crippen LogP contribution in [0.25, 0.3) is 0 Å². The summed E-state index contributed by atoms with van der Waals surface area (Å²) in [6, 6.07) is 29.4. The molecule has 0 aliphatic carbocycles. The van der Waals surface area contributed by atoms with Crippen molar-refractivity contribution in [1.29, 1.82) is 0 Å². The predicted octanol–water partition coefficient (Wildman–Crippen LogP) is 5.77. The van der Waals surface area contributed by atoms with Crippen molar-refractivity contribution in [3.8, 4) is 0 Å². The minimum atomic E-state index is -3.53. The number of aliphatic hydroxyl groups is 1. The summed E-state index contributed by atoms with van der Waals surface area (Å²) in [5.74, 6) is 0. The molecule has 0 bridgehead atoms. The monoisotopic (exact) mass is 584 g/mol. The molecule has 8 nitrogen and oxygen atoms in total. The fraction of sp³-hybridized carbons (Fsp3) is 0.438. The average Bonchev–Trinajstić information content (AvgIpc) is 2.99. The van der Waals surface area contributed by atoms with Crippen LogP contribution in [0.5, 0.6) is 0 Å². The van der Waals surface area contributed by atoms with Crippen molar-refractivity contribution in [2.45, 2.75) is 64.2 Å². The molecule has 1 aliphatic rings. The van der Waals surface area contributed by atoms with Crippen LogP contribution in [0.15, 0.2) is 91.0 Å². The van der Waals surface area contributed by atoms with E-state index in [4.69, 9.17) is 28.0 Å². The Morgan fingerprint density at radius 2 is 1.15 bits per heavy atom. The Hall–Kier alpha value is -2.39. The minimum absolute atomic E-state index is 0.123. The number of ether oxygens (including phenoxy) is 4. The summed E-state index contributed by atoms with van der Waals surface area (Å²) in [6.07, 6.45) is -4.24. The lowest BCUT2D eigenvalue weighted by molar-refractivity contribution is -0.257.